The Labute approximate surface area is 700 Å². The number of rotatable bonds is 32. The molecule has 0 bridgehead atoms. The molecule has 0 saturated carbocycles. The number of nitrogens with two attached hydrogens (primary N) is 19. The summed E-state index contributed by atoms with van der Waals surface area (Å²) < 4.78 is 0.577. The fourth-order valence-corrected chi connectivity index (χ4v) is 10.2. The molecule has 0 amide bonds. The number of aromatic nitrogens is 3. The van der Waals surface area contributed by atoms with E-state index in [-0.39, 0.29) is 66.9 Å². The summed E-state index contributed by atoms with van der Waals surface area (Å²) in [4.78, 5) is 123. The van der Waals surface area contributed by atoms with Gasteiger partial charge in [0.2, 0.25) is 5.69 Å². The minimum Gasteiger partial charge on any atom is -0.480 e. The number of benzene rings is 1. The molecule has 3 aromatic heterocycles. The lowest BCUT2D eigenvalue weighted by molar-refractivity contribution is -0.870. The molecule has 47 heteroatoms. The molecule has 5 heterocycles. The lowest BCUT2D eigenvalue weighted by Gasteiger charge is -2.25. The van der Waals surface area contributed by atoms with Gasteiger partial charge in [0.25, 0.3) is 0 Å². The van der Waals surface area contributed by atoms with Crippen molar-refractivity contribution in [2.24, 2.45) is 109 Å². The smallest absolute Gasteiger partial charge is 0.335 e. The molecule has 14 atom stereocenters. The van der Waals surface area contributed by atoms with Gasteiger partial charge in [0.05, 0.1) is 52.3 Å². The highest BCUT2D eigenvalue weighted by Gasteiger charge is 2.41. The number of carbonyl (C=O) groups is 11. The molecule has 4 aromatic rings. The highest BCUT2D eigenvalue weighted by atomic mass is 32.2. The second kappa shape index (κ2) is 65.2. The topological polar surface area (TPSA) is 946 Å². The number of carboxylic acid groups (broad SMARTS) is 11. The van der Waals surface area contributed by atoms with Gasteiger partial charge in [-0.2, -0.15) is 0 Å². The van der Waals surface area contributed by atoms with Gasteiger partial charge < -0.3 is 174 Å². The first kappa shape index (κ1) is 119. The van der Waals surface area contributed by atoms with E-state index in [0.29, 0.717) is 48.6 Å². The fraction of sp³-hybridized carbons (Fsp3) is 0.562. The molecule has 684 valence electrons. The SMILES string of the molecule is CC(C)(C)[C@@H]1CCC([C@H](N)C(=O)O)[NH2+]1.C[N+](C)(C)C[C@H](N)C(=O)O.C[S+](C)C[C@H](N)C(=O)O.NC(N)C(=O)O.NCC(CN)[C@H](N)C(=O)O.NCC(O)c1ccc(C[C@H](N)C(=O)O)cc1.NCC[C@H](N)C(=O)O.NC[C@H](N)C(=O)O.N[C@@H](Cc1ccc(-c2ccccn2)[nH+]c1)C(=O)O.N[C@@H](Cc1cccnc1)C(=O)O.N[C@H](C(=O)O)C1CCC[NH2+]1. The van der Waals surface area contributed by atoms with Gasteiger partial charge in [-0.3, -0.25) is 52.9 Å². The van der Waals surface area contributed by atoms with Crippen molar-refractivity contribution in [2.45, 2.75) is 163 Å². The Morgan fingerprint density at radius 2 is 0.958 bits per heavy atom. The van der Waals surface area contributed by atoms with Crippen molar-refractivity contribution < 1.29 is 134 Å². The van der Waals surface area contributed by atoms with Crippen LogP contribution in [0.2, 0.25) is 0 Å². The van der Waals surface area contributed by atoms with Crippen LogP contribution in [0.3, 0.4) is 0 Å². The standard InChI is InChI=1S/C13H13N3O2.C11H16N2O3.C10H20N2O2.C8H10N2O2.C6H12N2O2.C6H14N2O2.C5H13N3O2.C5H11NO2S.C4H10N2O2.C3H8N2O2.C2H6N2O2/c14-10(13(17)18)7-9-4-5-12(16-8-9)11-3-1-2-6-15-11;12-6-10(14)8-3-1-7(2-4-8)5-9(13)11(15)16;1-10(2,3)7-5-4-6(12-7)8(11)9(13)14;9-7(8(11)12)4-6-2-1-3-10-5-6;7-5(6(9)10)4-2-1-3-8-4;1-8(2,3)4-5(7)6(9)10;6-1-3(2-7)4(8)5(9)10;1-9(2)3-4(6)5(7)8;5-2-1-3(6)4(7)8;4-1-2(5)3(6)7;3-1(4)2(5)6/h1-6,8,10H,7,14H2,(H,17,18);1-4,9-10,14H,5-6,12-13H2,(H,15,16);6-8,12H,4-5,11H2,1-3H3,(H,13,14);1-3,5,7H,4,9H2,(H,11,12);4-5,8H,1-3,7H2,(H,9,10);5H,4,7H2,1-3H3;3-4H,1-2,6-8H2,(H,9,10);4H,3,6H2,1-2H3;3H,1-2,5-6H2,(H,7,8);2H,1,4-5H2,(H,6,7);1H,3-4H2,(H,5,6)/p+5/t10-;9-,10?;6?,7-,8-;7-;4?,5-;5-;2*4-;3-;2-;/m0000000000./s1. The Balaban J connectivity index is -0.000000410. The lowest BCUT2D eigenvalue weighted by atomic mass is 9.86. The highest BCUT2D eigenvalue weighted by Crippen LogP contribution is 2.24. The summed E-state index contributed by atoms with van der Waals surface area (Å²) in [5, 5.41) is 106. The minimum atomic E-state index is -1.23. The summed E-state index contributed by atoms with van der Waals surface area (Å²) in [6.45, 7) is 8.93. The monoisotopic (exact) mass is 1740 g/mol. The fourth-order valence-electron chi connectivity index (χ4n) is 9.29. The number of hydrogen-bond acceptors (Lipinski definition) is 31. The highest BCUT2D eigenvalue weighted by molar-refractivity contribution is 7.95. The zero-order chi connectivity index (χ0) is 94.1. The van der Waals surface area contributed by atoms with Crippen LogP contribution in [-0.2, 0) is 82.9 Å². The number of aromatic amines is 1. The van der Waals surface area contributed by atoms with Crippen molar-refractivity contribution in [2.75, 3.05) is 85.2 Å². The van der Waals surface area contributed by atoms with E-state index in [9.17, 15) is 57.8 Å². The molecule has 1 aromatic carbocycles. The van der Waals surface area contributed by atoms with Crippen molar-refractivity contribution in [3.8, 4) is 11.4 Å². The molecule has 46 nitrogen and oxygen atoms in total. The molecule has 2 fully saturated rings. The number of aliphatic hydroxyl groups excluding tert-OH is 1. The first-order valence-corrected chi connectivity index (χ1v) is 39.3. The predicted molar refractivity (Wildman–Crippen MR) is 447 cm³/mol. The van der Waals surface area contributed by atoms with Crippen LogP contribution in [0.4, 0.5) is 0 Å². The zero-order valence-electron chi connectivity index (χ0n) is 69.3. The molecule has 0 radical (unpaired) electrons. The summed E-state index contributed by atoms with van der Waals surface area (Å²) in [5.41, 5.74) is 92.9. The summed E-state index contributed by atoms with van der Waals surface area (Å²) in [5.74, 6) is -10.6. The van der Waals surface area contributed by atoms with Crippen molar-refractivity contribution in [3.63, 3.8) is 0 Å². The van der Waals surface area contributed by atoms with Crippen LogP contribution in [0.15, 0.2) is 91.5 Å². The maximum Gasteiger partial charge on any atom is 0.335 e. The van der Waals surface area contributed by atoms with Crippen LogP contribution >= 0.6 is 0 Å². The summed E-state index contributed by atoms with van der Waals surface area (Å²) in [6.07, 6.45) is 14.0. The first-order chi connectivity index (χ1) is 55.4. The van der Waals surface area contributed by atoms with E-state index in [2.05, 4.69) is 52.5 Å². The molecule has 6 rings (SSSR count). The molecule has 2 aliphatic heterocycles. The van der Waals surface area contributed by atoms with E-state index in [0.717, 1.165) is 65.9 Å². The van der Waals surface area contributed by atoms with E-state index < -0.39 is 138 Å². The molecule has 2 aliphatic rings. The molecule has 3 unspecified atom stereocenters. The zero-order valence-corrected chi connectivity index (χ0v) is 70.1. The number of H-pyrrole nitrogens is 1. The minimum absolute atomic E-state index is 0.00463. The molecule has 51 N–H and O–H groups in total. The van der Waals surface area contributed by atoms with Crippen LogP contribution in [0.5, 0.6) is 0 Å². The first-order valence-electron chi connectivity index (χ1n) is 37.1. The van der Waals surface area contributed by atoms with Gasteiger partial charge in [-0.15, -0.1) is 0 Å². The number of carboxylic acids is 11. The number of likely N-dealkylation sites (N-methyl/N-ethyl adjacent to an activating group) is 1. The van der Waals surface area contributed by atoms with E-state index in [1.165, 1.54) is 0 Å². The molecule has 120 heavy (non-hydrogen) atoms. The van der Waals surface area contributed by atoms with Gasteiger partial charge in [0, 0.05) is 86.7 Å². The summed E-state index contributed by atoms with van der Waals surface area (Å²) in [7, 11) is 5.84. The van der Waals surface area contributed by atoms with Crippen LogP contribution < -0.4 is 113 Å². The van der Waals surface area contributed by atoms with Gasteiger partial charge in [-0.05, 0) is 90.7 Å². The molecular weight excluding hydrogens is 1600 g/mol. The van der Waals surface area contributed by atoms with Crippen molar-refractivity contribution in [3.05, 3.63) is 114 Å². The number of quaternary nitrogens is 3. The van der Waals surface area contributed by atoms with Crippen molar-refractivity contribution >= 4 is 76.6 Å². The predicted octanol–water partition coefficient (Wildman–Crippen LogP) is -10.4. The van der Waals surface area contributed by atoms with Crippen LogP contribution in [0.1, 0.15) is 81.2 Å². The Kier molecular flexibility index (Phi) is 64.6. The van der Waals surface area contributed by atoms with Gasteiger partial charge in [-0.1, -0.05) is 57.2 Å². The van der Waals surface area contributed by atoms with E-state index >= 15 is 0 Å². The van der Waals surface area contributed by atoms with Crippen LogP contribution in [0, 0.1) is 11.3 Å². The van der Waals surface area contributed by atoms with Gasteiger partial charge >= 0.3 is 65.7 Å². The second-order valence-corrected chi connectivity index (χ2v) is 31.6. The number of aliphatic carboxylic acids is 11. The number of pyridine rings is 3. The van der Waals surface area contributed by atoms with E-state index in [4.69, 9.17) is 142 Å². The number of hydrogen-bond donors (Lipinski definition) is 31. The third-order valence-electron chi connectivity index (χ3n) is 16.5. The maximum absolute atomic E-state index is 10.7. The third-order valence-corrected chi connectivity index (χ3v) is 17.5. The summed E-state index contributed by atoms with van der Waals surface area (Å²) >= 11 is 0. The normalized spacial score (nSPS) is 16.4. The third kappa shape index (κ3) is 59.9. The van der Waals surface area contributed by atoms with Crippen LogP contribution in [-0.4, -0.2) is 311 Å². The summed E-state index contributed by atoms with van der Waals surface area (Å²) in [6, 6.07) is 12.5. The number of aliphatic hydroxyl groups is 1. The average molecular weight is 1740 g/mol. The van der Waals surface area contributed by atoms with E-state index in [1.807, 2.05) is 69.3 Å². The van der Waals surface area contributed by atoms with Gasteiger partial charge in [-0.25, -0.2) is 14.8 Å². The quantitative estimate of drug-likeness (QED) is 0.0123. The Bertz CT molecular complexity index is 3520. The van der Waals surface area contributed by atoms with Crippen molar-refractivity contribution in [1.29, 1.82) is 0 Å². The average Bonchev–Trinajstić information content (AvgIpc) is 1.68. The van der Waals surface area contributed by atoms with E-state index in [1.54, 1.807) is 61.2 Å². The Morgan fingerprint density at radius 1 is 0.500 bits per heavy atom. The van der Waals surface area contributed by atoms with Gasteiger partial charge in [0.1, 0.15) is 72.4 Å². The lowest BCUT2D eigenvalue weighted by Crippen LogP contribution is -2.96. The molecule has 0 aliphatic carbocycles. The van der Waals surface area contributed by atoms with Crippen LogP contribution in [0.25, 0.3) is 11.4 Å². The molecule has 0 spiro atoms. The Hall–Kier alpha value is -9.65. The molecule has 2 saturated heterocycles. The van der Waals surface area contributed by atoms with Crippen molar-refractivity contribution in [1.82, 2.24) is 9.97 Å². The number of nitrogens with zero attached hydrogens (tertiary/aromatic N) is 3. The second-order valence-electron chi connectivity index (χ2n) is 29.3. The Morgan fingerprint density at radius 3 is 1.24 bits per heavy atom. The maximum atomic E-state index is 10.7. The number of nitrogens with one attached hydrogen (secondary N) is 1. The van der Waals surface area contributed by atoms with Gasteiger partial charge in [0.15, 0.2) is 30.5 Å². The molecular formula is C73H138N23O23S+5. The largest absolute Gasteiger partial charge is 0.480 e.